The van der Waals surface area contributed by atoms with Gasteiger partial charge in [0, 0.05) is 32.6 Å². The van der Waals surface area contributed by atoms with Gasteiger partial charge in [0.1, 0.15) is 0 Å². The summed E-state index contributed by atoms with van der Waals surface area (Å²) in [6.07, 6.45) is 0.862. The molecule has 0 aliphatic carbocycles. The first kappa shape index (κ1) is 11.3. The molecule has 0 aromatic rings. The number of aliphatic hydroxyl groups is 2. The van der Waals surface area contributed by atoms with Crippen LogP contribution in [0.3, 0.4) is 0 Å². The largest absolute Gasteiger partial charge is 0.389 e. The Hall–Kier alpha value is -0.200. The summed E-state index contributed by atoms with van der Waals surface area (Å²) in [6, 6.07) is -0.0446. The Balaban J connectivity index is 1.76. The second-order valence-electron chi connectivity index (χ2n) is 4.43. The predicted octanol–water partition coefficient (Wildman–Crippen LogP) is -1.12. The van der Waals surface area contributed by atoms with Crippen molar-refractivity contribution in [2.45, 2.75) is 30.6 Å². The molecule has 0 saturated carbocycles. The predicted molar refractivity (Wildman–Crippen MR) is 53.6 cm³/mol. The van der Waals surface area contributed by atoms with E-state index < -0.39 is 11.7 Å². The van der Waals surface area contributed by atoms with E-state index >= 15 is 0 Å². The van der Waals surface area contributed by atoms with Gasteiger partial charge in [0.2, 0.25) is 0 Å². The van der Waals surface area contributed by atoms with Crippen molar-refractivity contribution in [3.8, 4) is 0 Å². The fourth-order valence-electron chi connectivity index (χ4n) is 1.99. The van der Waals surface area contributed by atoms with Crippen molar-refractivity contribution in [2.24, 2.45) is 0 Å². The fraction of sp³-hybridized carbons (Fsp3) is 1.00. The maximum atomic E-state index is 10.2. The van der Waals surface area contributed by atoms with E-state index in [0.29, 0.717) is 45.8 Å². The van der Waals surface area contributed by atoms with Crippen molar-refractivity contribution in [2.75, 3.05) is 33.0 Å². The highest BCUT2D eigenvalue weighted by Gasteiger charge is 2.33. The summed E-state index contributed by atoms with van der Waals surface area (Å²) >= 11 is 0. The molecular weight excluding hydrogens is 198 g/mol. The first-order chi connectivity index (χ1) is 7.20. The molecule has 2 heterocycles. The topological polar surface area (TPSA) is 71.0 Å². The van der Waals surface area contributed by atoms with Gasteiger partial charge in [-0.2, -0.15) is 0 Å². The molecule has 5 heteroatoms. The van der Waals surface area contributed by atoms with Crippen molar-refractivity contribution in [3.63, 3.8) is 0 Å². The molecule has 0 amide bonds. The minimum atomic E-state index is -0.680. The van der Waals surface area contributed by atoms with Crippen LogP contribution in [0.1, 0.15) is 12.8 Å². The second-order valence-corrected chi connectivity index (χ2v) is 4.43. The zero-order valence-corrected chi connectivity index (χ0v) is 8.82. The van der Waals surface area contributed by atoms with E-state index in [4.69, 9.17) is 9.47 Å². The van der Waals surface area contributed by atoms with Gasteiger partial charge in [-0.3, -0.25) is 0 Å². The third kappa shape index (κ3) is 2.89. The number of aliphatic hydroxyl groups excluding tert-OH is 1. The van der Waals surface area contributed by atoms with Crippen molar-refractivity contribution < 1.29 is 19.7 Å². The minimum Gasteiger partial charge on any atom is -0.389 e. The van der Waals surface area contributed by atoms with Crippen LogP contribution in [0.25, 0.3) is 0 Å². The van der Waals surface area contributed by atoms with Crippen molar-refractivity contribution in [3.05, 3.63) is 0 Å². The molecule has 88 valence electrons. The minimum absolute atomic E-state index is 0.0446. The van der Waals surface area contributed by atoms with E-state index in [1.54, 1.807) is 0 Å². The summed E-state index contributed by atoms with van der Waals surface area (Å²) in [7, 11) is 0. The van der Waals surface area contributed by atoms with Crippen LogP contribution in [0.5, 0.6) is 0 Å². The van der Waals surface area contributed by atoms with Gasteiger partial charge < -0.3 is 25.0 Å². The molecule has 3 N–H and O–H groups in total. The molecule has 0 aromatic heterocycles. The Morgan fingerprint density at radius 3 is 2.53 bits per heavy atom. The fourth-order valence-corrected chi connectivity index (χ4v) is 1.99. The van der Waals surface area contributed by atoms with Gasteiger partial charge in [0.05, 0.1) is 31.0 Å². The maximum Gasteiger partial charge on any atom is 0.0948 e. The molecular formula is C10H19NO4. The van der Waals surface area contributed by atoms with Crippen molar-refractivity contribution in [1.29, 1.82) is 0 Å². The van der Waals surface area contributed by atoms with Crippen LogP contribution in [0.2, 0.25) is 0 Å². The van der Waals surface area contributed by atoms with E-state index in [-0.39, 0.29) is 6.04 Å². The molecule has 0 aromatic carbocycles. The van der Waals surface area contributed by atoms with E-state index in [0.717, 1.165) is 0 Å². The van der Waals surface area contributed by atoms with Gasteiger partial charge in [-0.05, 0) is 0 Å². The summed E-state index contributed by atoms with van der Waals surface area (Å²) in [5, 5.41) is 22.8. The summed E-state index contributed by atoms with van der Waals surface area (Å²) in [5.41, 5.74) is -0.680. The lowest BCUT2D eigenvalue weighted by Gasteiger charge is -2.33. The maximum absolute atomic E-state index is 10.2. The lowest BCUT2D eigenvalue weighted by molar-refractivity contribution is -0.0638. The molecule has 0 bridgehead atoms. The molecule has 0 spiro atoms. The number of rotatable bonds is 3. The molecule has 2 rings (SSSR count). The Morgan fingerprint density at radius 2 is 1.93 bits per heavy atom. The number of ether oxygens (including phenoxy) is 2. The molecule has 2 aliphatic rings. The highest BCUT2D eigenvalue weighted by Crippen LogP contribution is 2.20. The quantitative estimate of drug-likeness (QED) is 0.558. The molecule has 5 nitrogen and oxygen atoms in total. The molecule has 2 aliphatic heterocycles. The van der Waals surface area contributed by atoms with Crippen LogP contribution in [0.15, 0.2) is 0 Å². The highest BCUT2D eigenvalue weighted by molar-refractivity contribution is 4.88. The first-order valence-corrected chi connectivity index (χ1v) is 5.49. The van der Waals surface area contributed by atoms with Crippen molar-refractivity contribution in [1.82, 2.24) is 5.32 Å². The van der Waals surface area contributed by atoms with Crippen LogP contribution in [0, 0.1) is 0 Å². The lowest BCUT2D eigenvalue weighted by atomic mass is 9.94. The Kier molecular flexibility index (Phi) is 3.58. The van der Waals surface area contributed by atoms with E-state index in [2.05, 4.69) is 5.32 Å². The van der Waals surface area contributed by atoms with Gasteiger partial charge >= 0.3 is 0 Å². The lowest BCUT2D eigenvalue weighted by Crippen LogP contribution is -2.50. The van der Waals surface area contributed by atoms with Gasteiger partial charge in [0.25, 0.3) is 0 Å². The zero-order valence-electron chi connectivity index (χ0n) is 8.82. The van der Waals surface area contributed by atoms with Crippen molar-refractivity contribution >= 4 is 0 Å². The van der Waals surface area contributed by atoms with E-state index in [1.165, 1.54) is 0 Å². The Bertz CT molecular complexity index is 206. The van der Waals surface area contributed by atoms with Crippen LogP contribution < -0.4 is 5.32 Å². The molecule has 2 unspecified atom stereocenters. The van der Waals surface area contributed by atoms with E-state index in [1.807, 2.05) is 0 Å². The van der Waals surface area contributed by atoms with Gasteiger partial charge in [-0.1, -0.05) is 0 Å². The van der Waals surface area contributed by atoms with Crippen LogP contribution in [-0.2, 0) is 9.47 Å². The number of nitrogens with one attached hydrogen (secondary N) is 1. The third-order valence-electron chi connectivity index (χ3n) is 3.17. The van der Waals surface area contributed by atoms with Gasteiger partial charge in [0.15, 0.2) is 0 Å². The molecule has 2 atom stereocenters. The average molecular weight is 217 g/mol. The molecule has 15 heavy (non-hydrogen) atoms. The Labute approximate surface area is 89.4 Å². The van der Waals surface area contributed by atoms with Gasteiger partial charge in [-0.15, -0.1) is 0 Å². The van der Waals surface area contributed by atoms with Crippen LogP contribution in [-0.4, -0.2) is 60.9 Å². The second kappa shape index (κ2) is 4.76. The monoisotopic (exact) mass is 217 g/mol. The summed E-state index contributed by atoms with van der Waals surface area (Å²) in [4.78, 5) is 0. The van der Waals surface area contributed by atoms with Crippen LogP contribution >= 0.6 is 0 Å². The summed E-state index contributed by atoms with van der Waals surface area (Å²) < 4.78 is 10.3. The van der Waals surface area contributed by atoms with Gasteiger partial charge in [-0.25, -0.2) is 0 Å². The smallest absolute Gasteiger partial charge is 0.0948 e. The summed E-state index contributed by atoms with van der Waals surface area (Å²) in [5.74, 6) is 0. The third-order valence-corrected chi connectivity index (χ3v) is 3.17. The standard InChI is InChI=1S/C10H19NO4/c12-9-6-15-5-8(9)11-7-10(13)1-3-14-4-2-10/h8-9,11-13H,1-7H2. The zero-order chi connectivity index (χ0) is 10.7. The number of hydrogen-bond donors (Lipinski definition) is 3. The highest BCUT2D eigenvalue weighted by atomic mass is 16.5. The number of hydrogen-bond acceptors (Lipinski definition) is 5. The van der Waals surface area contributed by atoms with E-state index in [9.17, 15) is 10.2 Å². The molecule has 0 radical (unpaired) electrons. The average Bonchev–Trinajstić information content (AvgIpc) is 2.62. The van der Waals surface area contributed by atoms with Crippen LogP contribution in [0.4, 0.5) is 0 Å². The summed E-state index contributed by atoms with van der Waals surface area (Å²) in [6.45, 7) is 2.64. The Morgan fingerprint density at radius 1 is 1.20 bits per heavy atom. The molecule has 2 saturated heterocycles. The first-order valence-electron chi connectivity index (χ1n) is 5.49. The normalized spacial score (nSPS) is 35.6. The SMILES string of the molecule is OC1COCC1NCC1(O)CCOCC1. The molecule has 2 fully saturated rings.